The number of thiophene rings is 1. The molecule has 3 aromatic rings. The quantitative estimate of drug-likeness (QED) is 0.717. The second-order valence-electron chi connectivity index (χ2n) is 6.61. The molecule has 2 atom stereocenters. The summed E-state index contributed by atoms with van der Waals surface area (Å²) in [4.78, 5) is 18.8. The van der Waals surface area contributed by atoms with E-state index in [0.717, 1.165) is 33.0 Å². The van der Waals surface area contributed by atoms with Gasteiger partial charge in [0.2, 0.25) is 0 Å². The first-order valence-corrected chi connectivity index (χ1v) is 9.19. The van der Waals surface area contributed by atoms with Crippen LogP contribution in [0.15, 0.2) is 36.4 Å². The fourth-order valence-electron chi connectivity index (χ4n) is 3.26. The maximum absolute atomic E-state index is 12.6. The van der Waals surface area contributed by atoms with Crippen LogP contribution in [0.3, 0.4) is 0 Å². The van der Waals surface area contributed by atoms with E-state index < -0.39 is 0 Å². The lowest BCUT2D eigenvalue weighted by molar-refractivity contribution is 0.0954. The van der Waals surface area contributed by atoms with Crippen LogP contribution in [0.5, 0.6) is 5.75 Å². The summed E-state index contributed by atoms with van der Waals surface area (Å²) in [5, 5.41) is 4.23. The van der Waals surface area contributed by atoms with Gasteiger partial charge in [0.25, 0.3) is 5.91 Å². The number of amides is 1. The molecule has 0 bridgehead atoms. The first-order chi connectivity index (χ1) is 12.0. The number of carbonyl (C=O) groups excluding carboxylic acids is 1. The molecule has 0 saturated heterocycles. The molecule has 2 aromatic heterocycles. The second kappa shape index (κ2) is 7.08. The van der Waals surface area contributed by atoms with Gasteiger partial charge in [-0.3, -0.25) is 4.79 Å². The highest BCUT2D eigenvalue weighted by atomic mass is 32.1. The van der Waals surface area contributed by atoms with Gasteiger partial charge in [-0.1, -0.05) is 19.6 Å². The Labute approximate surface area is 158 Å². The number of aromatic nitrogens is 1. The lowest BCUT2D eigenvalue weighted by Gasteiger charge is -2.04. The maximum Gasteiger partial charge on any atom is 0.261 e. The molecule has 4 rings (SSSR count). The van der Waals surface area contributed by atoms with Crippen molar-refractivity contribution in [2.75, 3.05) is 7.11 Å². The van der Waals surface area contributed by atoms with Gasteiger partial charge >= 0.3 is 0 Å². The minimum absolute atomic E-state index is 0. The minimum Gasteiger partial charge on any atom is -0.497 e. The zero-order valence-corrected chi connectivity index (χ0v) is 15.3. The Kier molecular flexibility index (Phi) is 5.01. The summed E-state index contributed by atoms with van der Waals surface area (Å²) in [6.07, 6.45) is 0.985. The van der Waals surface area contributed by atoms with Crippen molar-refractivity contribution in [1.82, 2.24) is 10.3 Å². The molecule has 4 nitrogen and oxygen atoms in total. The molecule has 2 unspecified atom stereocenters. The van der Waals surface area contributed by atoms with Crippen molar-refractivity contribution >= 4 is 27.5 Å². The van der Waals surface area contributed by atoms with Crippen LogP contribution in [-0.2, 0) is 0 Å². The van der Waals surface area contributed by atoms with Gasteiger partial charge in [0.15, 0.2) is 0 Å². The van der Waals surface area contributed by atoms with Gasteiger partial charge in [0.1, 0.15) is 10.6 Å². The van der Waals surface area contributed by atoms with Crippen molar-refractivity contribution in [3.05, 3.63) is 58.1 Å². The van der Waals surface area contributed by atoms with Crippen LogP contribution < -0.4 is 10.1 Å². The largest absolute Gasteiger partial charge is 0.497 e. The van der Waals surface area contributed by atoms with Gasteiger partial charge in [0, 0.05) is 23.0 Å². The number of benzene rings is 1. The smallest absolute Gasteiger partial charge is 0.261 e. The third-order valence-corrected chi connectivity index (χ3v) is 5.74. The molecule has 2 heterocycles. The van der Waals surface area contributed by atoms with E-state index in [1.807, 2.05) is 25.1 Å². The zero-order chi connectivity index (χ0) is 17.6. The molecule has 5 heteroatoms. The fourth-order valence-corrected chi connectivity index (χ4v) is 4.31. The summed E-state index contributed by atoms with van der Waals surface area (Å²) in [5.41, 5.74) is 3.40. The number of carbonyl (C=O) groups is 1. The zero-order valence-electron chi connectivity index (χ0n) is 14.5. The van der Waals surface area contributed by atoms with E-state index in [1.54, 1.807) is 7.11 Å². The number of methoxy groups -OCH3 is 1. The van der Waals surface area contributed by atoms with Crippen molar-refractivity contribution in [2.45, 2.75) is 39.7 Å². The lowest BCUT2D eigenvalue weighted by Crippen LogP contribution is -2.25. The van der Waals surface area contributed by atoms with Crippen molar-refractivity contribution in [3.8, 4) is 5.75 Å². The number of hydrogen-bond donors (Lipinski definition) is 1. The normalized spacial score (nSPS) is 18.3. The monoisotopic (exact) mass is 368 g/mol. The molecule has 0 radical (unpaired) electrons. The summed E-state index contributed by atoms with van der Waals surface area (Å²) >= 11 is 1.47. The molecular formula is C21H24N2O2S. The molecule has 0 aliphatic heterocycles. The van der Waals surface area contributed by atoms with Crippen molar-refractivity contribution in [2.24, 2.45) is 0 Å². The molecule has 1 fully saturated rings. The molecule has 1 amide bonds. The van der Waals surface area contributed by atoms with E-state index in [0.29, 0.717) is 5.92 Å². The van der Waals surface area contributed by atoms with E-state index in [9.17, 15) is 4.79 Å². The average Bonchev–Trinajstić information content (AvgIpc) is 3.21. The van der Waals surface area contributed by atoms with E-state index in [1.165, 1.54) is 22.5 Å². The predicted octanol–water partition coefficient (Wildman–Crippen LogP) is 4.84. The van der Waals surface area contributed by atoms with Crippen LogP contribution in [0.4, 0.5) is 0 Å². The van der Waals surface area contributed by atoms with Gasteiger partial charge in [-0.05, 0) is 55.7 Å². The highest BCUT2D eigenvalue weighted by molar-refractivity contribution is 7.20. The van der Waals surface area contributed by atoms with Crippen LogP contribution in [0.25, 0.3) is 10.2 Å². The number of fused-ring (bicyclic) bond motifs is 1. The van der Waals surface area contributed by atoms with E-state index >= 15 is 0 Å². The summed E-state index contributed by atoms with van der Waals surface area (Å²) < 4.78 is 5.19. The summed E-state index contributed by atoms with van der Waals surface area (Å²) in [6, 6.07) is 12.3. The van der Waals surface area contributed by atoms with Gasteiger partial charge in [-0.15, -0.1) is 11.3 Å². The SMILES string of the molecule is C.COc1ccc(C2CC2NC(=O)c2cc3c(C)cc(C)nc3s2)cc1. The summed E-state index contributed by atoms with van der Waals surface area (Å²) in [6.45, 7) is 4.04. The highest BCUT2D eigenvalue weighted by Crippen LogP contribution is 2.41. The minimum atomic E-state index is 0. The summed E-state index contributed by atoms with van der Waals surface area (Å²) in [5.74, 6) is 1.25. The van der Waals surface area contributed by atoms with Crippen molar-refractivity contribution in [1.29, 1.82) is 0 Å². The number of hydrogen-bond acceptors (Lipinski definition) is 4. The first kappa shape index (κ1) is 18.4. The van der Waals surface area contributed by atoms with Gasteiger partial charge in [0.05, 0.1) is 12.0 Å². The number of ether oxygens (including phenoxy) is 1. The van der Waals surface area contributed by atoms with Crippen molar-refractivity contribution < 1.29 is 9.53 Å². The molecule has 1 N–H and O–H groups in total. The molecule has 1 aromatic carbocycles. The van der Waals surface area contributed by atoms with E-state index in [2.05, 4.69) is 35.4 Å². The third kappa shape index (κ3) is 3.44. The van der Waals surface area contributed by atoms with Gasteiger partial charge in [-0.25, -0.2) is 4.98 Å². The Morgan fingerprint density at radius 1 is 1.23 bits per heavy atom. The number of rotatable bonds is 4. The van der Waals surface area contributed by atoms with Crippen LogP contribution >= 0.6 is 11.3 Å². The van der Waals surface area contributed by atoms with E-state index in [-0.39, 0.29) is 19.4 Å². The topological polar surface area (TPSA) is 51.2 Å². The molecule has 1 aliphatic rings. The summed E-state index contributed by atoms with van der Waals surface area (Å²) in [7, 11) is 1.66. The van der Waals surface area contributed by atoms with Gasteiger partial charge in [-0.2, -0.15) is 0 Å². The number of pyridine rings is 1. The standard InChI is InChI=1S/C20H20N2O2S.CH4/c1-11-8-12(2)21-20-15(11)10-18(25-20)19(23)22-17-9-16(17)13-4-6-14(24-3)7-5-13;/h4-8,10,16-17H,9H2,1-3H3,(H,22,23);1H4. The molecule has 1 aliphatic carbocycles. The fraction of sp³-hybridized carbons (Fsp3) is 0.333. The van der Waals surface area contributed by atoms with Crippen LogP contribution in [0, 0.1) is 13.8 Å². The van der Waals surface area contributed by atoms with Crippen molar-refractivity contribution in [3.63, 3.8) is 0 Å². The predicted molar refractivity (Wildman–Crippen MR) is 107 cm³/mol. The Balaban J connectivity index is 0.00000196. The number of nitrogens with zero attached hydrogens (tertiary/aromatic N) is 1. The first-order valence-electron chi connectivity index (χ1n) is 8.38. The molecule has 1 saturated carbocycles. The molecule has 0 spiro atoms. The Morgan fingerprint density at radius 3 is 2.65 bits per heavy atom. The number of aryl methyl sites for hydroxylation is 2. The molecular weight excluding hydrogens is 344 g/mol. The maximum atomic E-state index is 12.6. The molecule has 136 valence electrons. The van der Waals surface area contributed by atoms with E-state index in [4.69, 9.17) is 4.74 Å². The van der Waals surface area contributed by atoms with Crippen LogP contribution in [0.2, 0.25) is 0 Å². The number of nitrogens with one attached hydrogen (secondary N) is 1. The highest BCUT2D eigenvalue weighted by Gasteiger charge is 2.39. The van der Waals surface area contributed by atoms with Gasteiger partial charge < -0.3 is 10.1 Å². The molecule has 26 heavy (non-hydrogen) atoms. The Bertz CT molecular complexity index is 947. The van der Waals surface area contributed by atoms with Crippen LogP contribution in [-0.4, -0.2) is 24.0 Å². The third-order valence-electron chi connectivity index (χ3n) is 4.72. The lowest BCUT2D eigenvalue weighted by atomic mass is 10.1. The Hall–Kier alpha value is -2.40. The average molecular weight is 369 g/mol. The van der Waals surface area contributed by atoms with Crippen LogP contribution in [0.1, 0.15) is 46.3 Å². The second-order valence-corrected chi connectivity index (χ2v) is 7.64. The Morgan fingerprint density at radius 2 is 1.96 bits per heavy atom.